The van der Waals surface area contributed by atoms with Crippen molar-refractivity contribution >= 4 is 27.5 Å². The van der Waals surface area contributed by atoms with Crippen LogP contribution in [0.15, 0.2) is 41.3 Å². The third-order valence-corrected chi connectivity index (χ3v) is 5.16. The van der Waals surface area contributed by atoms with Gasteiger partial charge in [-0.05, 0) is 37.5 Å². The Kier molecular flexibility index (Phi) is 5.99. The highest BCUT2D eigenvalue weighted by atomic mass is 35.5. The summed E-state index contributed by atoms with van der Waals surface area (Å²) in [5.74, 6) is -0.0270. The van der Waals surface area contributed by atoms with E-state index in [1.54, 1.807) is 12.1 Å². The van der Waals surface area contributed by atoms with Crippen LogP contribution in [0.1, 0.15) is 19.3 Å². The number of amides is 1. The molecule has 22 heavy (non-hydrogen) atoms. The Balaban J connectivity index is 1.78. The third kappa shape index (κ3) is 4.83. The molecule has 0 saturated heterocycles. The van der Waals surface area contributed by atoms with Crippen LogP contribution in [-0.2, 0) is 14.8 Å². The summed E-state index contributed by atoms with van der Waals surface area (Å²) in [7, 11) is -3.60. The van der Waals surface area contributed by atoms with Crippen molar-refractivity contribution < 1.29 is 13.2 Å². The topological polar surface area (TPSA) is 75.3 Å². The summed E-state index contributed by atoms with van der Waals surface area (Å²) in [4.78, 5) is 12.0. The third-order valence-electron chi connectivity index (χ3n) is 3.46. The fourth-order valence-electron chi connectivity index (χ4n) is 2.26. The first-order valence-electron chi connectivity index (χ1n) is 7.17. The summed E-state index contributed by atoms with van der Waals surface area (Å²) in [6, 6.07) is 6.05. The van der Waals surface area contributed by atoms with Crippen molar-refractivity contribution in [3.8, 4) is 0 Å². The van der Waals surface area contributed by atoms with Crippen molar-refractivity contribution in [1.29, 1.82) is 0 Å². The lowest BCUT2D eigenvalue weighted by Gasteiger charge is -2.17. The molecule has 7 heteroatoms. The summed E-state index contributed by atoms with van der Waals surface area (Å²) in [6.07, 6.45) is 6.59. The molecule has 1 atom stereocenters. The molecular weight excluding hydrogens is 324 g/mol. The van der Waals surface area contributed by atoms with Crippen LogP contribution in [0.2, 0.25) is 5.02 Å². The number of hydrogen-bond donors (Lipinski definition) is 2. The van der Waals surface area contributed by atoms with Crippen LogP contribution in [0.5, 0.6) is 0 Å². The van der Waals surface area contributed by atoms with Gasteiger partial charge in [-0.2, -0.15) is 0 Å². The number of benzene rings is 1. The van der Waals surface area contributed by atoms with E-state index in [9.17, 15) is 13.2 Å². The van der Waals surface area contributed by atoms with Crippen molar-refractivity contribution in [2.24, 2.45) is 5.92 Å². The average Bonchev–Trinajstić information content (AvgIpc) is 2.52. The molecule has 1 aromatic carbocycles. The quantitative estimate of drug-likeness (QED) is 0.614. The van der Waals surface area contributed by atoms with Gasteiger partial charge >= 0.3 is 0 Å². The zero-order valence-corrected chi connectivity index (χ0v) is 13.7. The highest BCUT2D eigenvalue weighted by Gasteiger charge is 2.18. The van der Waals surface area contributed by atoms with Crippen LogP contribution in [0.25, 0.3) is 0 Å². The molecule has 0 spiro atoms. The molecule has 1 unspecified atom stereocenters. The van der Waals surface area contributed by atoms with Crippen molar-refractivity contribution in [3.05, 3.63) is 41.4 Å². The summed E-state index contributed by atoms with van der Waals surface area (Å²) < 4.78 is 26.5. The summed E-state index contributed by atoms with van der Waals surface area (Å²) in [5, 5.41) is 3.12. The van der Waals surface area contributed by atoms with Crippen LogP contribution >= 0.6 is 11.6 Å². The van der Waals surface area contributed by atoms with Gasteiger partial charge in [-0.1, -0.05) is 29.8 Å². The number of rotatable bonds is 6. The minimum Gasteiger partial charge on any atom is -0.355 e. The van der Waals surface area contributed by atoms with E-state index in [0.29, 0.717) is 5.02 Å². The maximum absolute atomic E-state index is 12.0. The monoisotopic (exact) mass is 342 g/mol. The predicted octanol–water partition coefficient (Wildman–Crippen LogP) is 2.09. The Morgan fingerprint density at radius 1 is 1.27 bits per heavy atom. The van der Waals surface area contributed by atoms with Gasteiger partial charge < -0.3 is 5.32 Å². The fraction of sp³-hybridized carbons (Fsp3) is 0.400. The second-order valence-corrected chi connectivity index (χ2v) is 7.33. The molecule has 0 radical (unpaired) electrons. The summed E-state index contributed by atoms with van der Waals surface area (Å²) in [5.41, 5.74) is 0. The molecule has 1 amide bonds. The Labute approximate surface area is 135 Å². The highest BCUT2D eigenvalue weighted by Crippen LogP contribution is 2.18. The molecule has 2 N–H and O–H groups in total. The van der Waals surface area contributed by atoms with Gasteiger partial charge in [0.05, 0.1) is 4.90 Å². The molecule has 1 aliphatic carbocycles. The Hall–Kier alpha value is -1.37. The highest BCUT2D eigenvalue weighted by molar-refractivity contribution is 7.89. The molecule has 0 heterocycles. The van der Waals surface area contributed by atoms with E-state index in [1.165, 1.54) is 12.1 Å². The minimum atomic E-state index is -3.60. The standard InChI is InChI=1S/C15H19ClN2O3S/c16-13-7-4-8-14(11-13)22(20,21)18-10-9-17-15(19)12-5-2-1-3-6-12/h1-2,4,7-8,11-12,18H,3,5-6,9-10H2,(H,17,19). The molecule has 0 aromatic heterocycles. The van der Waals surface area contributed by atoms with Crippen molar-refractivity contribution in [1.82, 2.24) is 10.0 Å². The molecule has 0 aliphatic heterocycles. The smallest absolute Gasteiger partial charge is 0.240 e. The van der Waals surface area contributed by atoms with E-state index >= 15 is 0 Å². The average molecular weight is 343 g/mol. The molecule has 120 valence electrons. The molecule has 0 bridgehead atoms. The van der Waals surface area contributed by atoms with Gasteiger partial charge in [0.25, 0.3) is 0 Å². The van der Waals surface area contributed by atoms with Crippen molar-refractivity contribution in [2.75, 3.05) is 13.1 Å². The molecule has 2 rings (SSSR count). The largest absolute Gasteiger partial charge is 0.355 e. The van der Waals surface area contributed by atoms with Crippen LogP contribution in [0, 0.1) is 5.92 Å². The first-order chi connectivity index (χ1) is 10.5. The Morgan fingerprint density at radius 2 is 2.09 bits per heavy atom. The van der Waals surface area contributed by atoms with E-state index in [2.05, 4.69) is 16.1 Å². The molecule has 0 fully saturated rings. The Bertz CT molecular complexity index is 659. The van der Waals surface area contributed by atoms with Crippen molar-refractivity contribution in [3.63, 3.8) is 0 Å². The maximum atomic E-state index is 12.0. The van der Waals surface area contributed by atoms with E-state index in [-0.39, 0.29) is 29.8 Å². The minimum absolute atomic E-state index is 0.00506. The lowest BCUT2D eigenvalue weighted by molar-refractivity contribution is -0.125. The van der Waals surface area contributed by atoms with Gasteiger partial charge in [0.1, 0.15) is 0 Å². The number of allylic oxidation sites excluding steroid dienone is 2. The van der Waals surface area contributed by atoms with Crippen LogP contribution in [0.3, 0.4) is 0 Å². The second-order valence-electron chi connectivity index (χ2n) is 5.13. The van der Waals surface area contributed by atoms with Gasteiger partial charge in [-0.15, -0.1) is 0 Å². The van der Waals surface area contributed by atoms with E-state index < -0.39 is 10.0 Å². The van der Waals surface area contributed by atoms with Crippen LogP contribution in [0.4, 0.5) is 0 Å². The van der Waals surface area contributed by atoms with E-state index in [1.807, 2.05) is 6.08 Å². The second kappa shape index (κ2) is 7.76. The lowest BCUT2D eigenvalue weighted by Crippen LogP contribution is -2.37. The predicted molar refractivity (Wildman–Crippen MR) is 86.1 cm³/mol. The number of halogens is 1. The first-order valence-corrected chi connectivity index (χ1v) is 9.03. The molecule has 5 nitrogen and oxygen atoms in total. The van der Waals surface area contributed by atoms with Crippen LogP contribution in [-0.4, -0.2) is 27.4 Å². The SMILES string of the molecule is O=C(NCCNS(=O)(=O)c1cccc(Cl)c1)C1CC=CCC1. The summed E-state index contributed by atoms with van der Waals surface area (Å²) >= 11 is 5.79. The zero-order chi connectivity index (χ0) is 16.0. The number of hydrogen-bond acceptors (Lipinski definition) is 3. The molecule has 0 saturated carbocycles. The molecule has 1 aromatic rings. The van der Waals surface area contributed by atoms with Gasteiger partial charge in [0, 0.05) is 24.0 Å². The number of carbonyl (C=O) groups is 1. The molecule has 1 aliphatic rings. The van der Waals surface area contributed by atoms with Gasteiger partial charge in [0.2, 0.25) is 15.9 Å². The van der Waals surface area contributed by atoms with E-state index in [4.69, 9.17) is 11.6 Å². The zero-order valence-electron chi connectivity index (χ0n) is 12.1. The van der Waals surface area contributed by atoms with E-state index in [0.717, 1.165) is 19.3 Å². The fourth-order valence-corrected chi connectivity index (χ4v) is 3.60. The number of nitrogens with one attached hydrogen (secondary N) is 2. The van der Waals surface area contributed by atoms with Gasteiger partial charge in [-0.25, -0.2) is 13.1 Å². The lowest BCUT2D eigenvalue weighted by atomic mass is 9.94. The molecular formula is C15H19ClN2O3S. The Morgan fingerprint density at radius 3 is 2.77 bits per heavy atom. The van der Waals surface area contributed by atoms with Crippen molar-refractivity contribution in [2.45, 2.75) is 24.2 Å². The van der Waals surface area contributed by atoms with Gasteiger partial charge in [0.15, 0.2) is 0 Å². The number of sulfonamides is 1. The first kappa shape index (κ1) is 17.0. The number of carbonyl (C=O) groups excluding carboxylic acids is 1. The van der Waals surface area contributed by atoms with Gasteiger partial charge in [-0.3, -0.25) is 4.79 Å². The maximum Gasteiger partial charge on any atom is 0.240 e. The summed E-state index contributed by atoms with van der Waals surface area (Å²) in [6.45, 7) is 0.405. The van der Waals surface area contributed by atoms with Crippen LogP contribution < -0.4 is 10.0 Å². The normalized spacial score (nSPS) is 18.1.